The molecular formula is C25H23IO6. The van der Waals surface area contributed by atoms with Gasteiger partial charge < -0.3 is 0 Å². The number of alkyl halides is 1. The summed E-state index contributed by atoms with van der Waals surface area (Å²) in [4.78, 5) is 39.1. The molecule has 0 radical (unpaired) electrons. The van der Waals surface area contributed by atoms with Gasteiger partial charge in [0.05, 0.1) is 0 Å². The SMILES string of the molecule is COc1ccc(C(=O)C(C(=O)c2cc(C(C)=O)ccc2O)I(OC)c2ccccc2)cc1. The van der Waals surface area contributed by atoms with E-state index in [9.17, 15) is 19.5 Å². The fraction of sp³-hybridized carbons (Fsp3) is 0.160. The van der Waals surface area contributed by atoms with Crippen LogP contribution in [0.15, 0.2) is 72.8 Å². The summed E-state index contributed by atoms with van der Waals surface area (Å²) in [5, 5.41) is 10.4. The van der Waals surface area contributed by atoms with Gasteiger partial charge in [-0.2, -0.15) is 0 Å². The molecule has 0 aliphatic rings. The molecule has 1 unspecified atom stereocenters. The number of benzene rings is 3. The minimum atomic E-state index is -2.87. The average Bonchev–Trinajstić information content (AvgIpc) is 2.82. The topological polar surface area (TPSA) is 89.9 Å². The van der Waals surface area contributed by atoms with E-state index in [0.717, 1.165) is 3.57 Å². The molecule has 3 rings (SSSR count). The van der Waals surface area contributed by atoms with E-state index >= 15 is 0 Å². The zero-order chi connectivity index (χ0) is 23.3. The summed E-state index contributed by atoms with van der Waals surface area (Å²) in [6, 6.07) is 19.7. The summed E-state index contributed by atoms with van der Waals surface area (Å²) in [7, 11) is 3.02. The first-order chi connectivity index (χ1) is 15.4. The quantitative estimate of drug-likeness (QED) is 0.176. The van der Waals surface area contributed by atoms with Crippen LogP contribution in [0.2, 0.25) is 0 Å². The Labute approximate surface area is 194 Å². The zero-order valence-electron chi connectivity index (χ0n) is 17.9. The van der Waals surface area contributed by atoms with Gasteiger partial charge in [0, 0.05) is 0 Å². The molecule has 0 saturated heterocycles. The Bertz CT molecular complexity index is 1120. The number of methoxy groups -OCH3 is 1. The summed E-state index contributed by atoms with van der Waals surface area (Å²) >= 11 is -2.87. The zero-order valence-corrected chi connectivity index (χ0v) is 20.0. The van der Waals surface area contributed by atoms with Crippen molar-refractivity contribution in [2.45, 2.75) is 10.8 Å². The van der Waals surface area contributed by atoms with Crippen molar-refractivity contribution in [2.75, 3.05) is 14.2 Å². The maximum atomic E-state index is 13.7. The van der Waals surface area contributed by atoms with Gasteiger partial charge in [-0.05, 0) is 0 Å². The molecule has 1 N–H and O–H groups in total. The van der Waals surface area contributed by atoms with Crippen LogP contribution >= 0.6 is 20.2 Å². The molecule has 0 spiro atoms. The van der Waals surface area contributed by atoms with Crippen LogP contribution in [-0.4, -0.2) is 40.6 Å². The van der Waals surface area contributed by atoms with Gasteiger partial charge in [-0.25, -0.2) is 0 Å². The maximum absolute atomic E-state index is 13.7. The molecule has 0 heterocycles. The molecule has 0 aromatic heterocycles. The van der Waals surface area contributed by atoms with Crippen LogP contribution in [0, 0.1) is 3.57 Å². The van der Waals surface area contributed by atoms with E-state index in [1.807, 2.05) is 30.3 Å². The van der Waals surface area contributed by atoms with Crippen LogP contribution < -0.4 is 4.74 Å². The van der Waals surface area contributed by atoms with Crippen LogP contribution in [0.3, 0.4) is 0 Å². The average molecular weight is 546 g/mol. The van der Waals surface area contributed by atoms with Gasteiger partial charge in [0.15, 0.2) is 0 Å². The number of ether oxygens (including phenoxy) is 1. The number of phenolic OH excluding ortho intramolecular Hbond substituents is 1. The molecule has 3 aromatic carbocycles. The summed E-state index contributed by atoms with van der Waals surface area (Å²) in [6.45, 7) is 1.37. The van der Waals surface area contributed by atoms with Crippen LogP contribution in [-0.2, 0) is 3.07 Å². The minimum absolute atomic E-state index is 0.0696. The third-order valence-corrected chi connectivity index (χ3v) is 9.97. The van der Waals surface area contributed by atoms with Crippen molar-refractivity contribution in [3.05, 3.63) is 93.1 Å². The van der Waals surface area contributed by atoms with E-state index < -0.39 is 35.7 Å². The predicted octanol–water partition coefficient (Wildman–Crippen LogP) is 4.98. The van der Waals surface area contributed by atoms with Crippen molar-refractivity contribution in [1.29, 1.82) is 0 Å². The van der Waals surface area contributed by atoms with Crippen molar-refractivity contribution in [3.8, 4) is 11.5 Å². The second kappa shape index (κ2) is 10.5. The number of rotatable bonds is 9. The van der Waals surface area contributed by atoms with Gasteiger partial charge in [0.25, 0.3) is 0 Å². The number of hydrogen-bond acceptors (Lipinski definition) is 6. The van der Waals surface area contributed by atoms with Crippen molar-refractivity contribution < 1.29 is 27.3 Å². The van der Waals surface area contributed by atoms with Crippen molar-refractivity contribution >= 4 is 37.6 Å². The summed E-state index contributed by atoms with van der Waals surface area (Å²) in [5.74, 6) is -0.917. The second-order valence-electron chi connectivity index (χ2n) is 6.83. The van der Waals surface area contributed by atoms with Crippen molar-refractivity contribution in [3.63, 3.8) is 0 Å². The standard InChI is InChI=1S/C25H23IO6/c1-16(27)18-11-14-22(28)21(15-18)25(30)23(26(32-3)19-7-5-4-6-8-19)24(29)17-9-12-20(31-2)13-10-17/h4-15,23,28H,1-3H3. The Balaban J connectivity index is 2.13. The Morgan fingerprint density at radius 3 is 2.03 bits per heavy atom. The molecule has 6 nitrogen and oxygen atoms in total. The van der Waals surface area contributed by atoms with Crippen LogP contribution in [0.4, 0.5) is 0 Å². The summed E-state index contributed by atoms with van der Waals surface area (Å²) in [6.07, 6.45) is 0. The number of carbonyl (C=O) groups is 3. The molecule has 166 valence electrons. The molecule has 0 bridgehead atoms. The van der Waals surface area contributed by atoms with E-state index in [-0.39, 0.29) is 22.7 Å². The monoisotopic (exact) mass is 546 g/mol. The first-order valence-electron chi connectivity index (χ1n) is 9.72. The second-order valence-corrected chi connectivity index (χ2v) is 11.8. The predicted molar refractivity (Wildman–Crippen MR) is 130 cm³/mol. The van der Waals surface area contributed by atoms with Gasteiger partial charge in [-0.15, -0.1) is 0 Å². The van der Waals surface area contributed by atoms with Crippen molar-refractivity contribution in [1.82, 2.24) is 0 Å². The molecule has 0 aliphatic heterocycles. The van der Waals surface area contributed by atoms with E-state index in [4.69, 9.17) is 7.80 Å². The van der Waals surface area contributed by atoms with Crippen molar-refractivity contribution in [2.24, 2.45) is 0 Å². The molecular weight excluding hydrogens is 523 g/mol. The molecule has 7 heteroatoms. The van der Waals surface area contributed by atoms with Crippen LogP contribution in [0.1, 0.15) is 38.0 Å². The van der Waals surface area contributed by atoms with E-state index in [1.165, 1.54) is 39.3 Å². The number of aromatic hydroxyl groups is 1. The Hall–Kier alpha value is -3.04. The summed E-state index contributed by atoms with van der Waals surface area (Å²) in [5.41, 5.74) is 0.542. The van der Waals surface area contributed by atoms with E-state index in [0.29, 0.717) is 11.3 Å². The Morgan fingerprint density at radius 1 is 0.844 bits per heavy atom. The Morgan fingerprint density at radius 2 is 1.47 bits per heavy atom. The number of phenols is 1. The summed E-state index contributed by atoms with van der Waals surface area (Å²) < 4.78 is 10.6. The number of carbonyl (C=O) groups excluding carboxylic acids is 3. The molecule has 0 saturated carbocycles. The molecule has 1 atom stereocenters. The first kappa shape index (κ1) is 23.6. The van der Waals surface area contributed by atoms with Gasteiger partial charge >= 0.3 is 195 Å². The van der Waals surface area contributed by atoms with E-state index in [1.54, 1.807) is 24.3 Å². The molecule has 0 amide bonds. The Kier molecular flexibility index (Phi) is 7.76. The first-order valence-corrected chi connectivity index (χ1v) is 12.9. The van der Waals surface area contributed by atoms with Gasteiger partial charge in [0.1, 0.15) is 0 Å². The molecule has 32 heavy (non-hydrogen) atoms. The fourth-order valence-electron chi connectivity index (χ4n) is 3.13. The number of ketones is 3. The van der Waals surface area contributed by atoms with Crippen LogP contribution in [0.5, 0.6) is 11.5 Å². The third-order valence-electron chi connectivity index (χ3n) is 4.82. The van der Waals surface area contributed by atoms with Crippen LogP contribution in [0.25, 0.3) is 0 Å². The molecule has 0 aliphatic carbocycles. The normalized spacial score (nSPS) is 12.0. The van der Waals surface area contributed by atoms with Gasteiger partial charge in [-0.3, -0.25) is 0 Å². The van der Waals surface area contributed by atoms with Gasteiger partial charge in [0.2, 0.25) is 0 Å². The third kappa shape index (κ3) is 5.05. The fourth-order valence-corrected chi connectivity index (χ4v) is 7.72. The van der Waals surface area contributed by atoms with E-state index in [2.05, 4.69) is 0 Å². The number of hydrogen-bond donors (Lipinski definition) is 1. The van der Waals surface area contributed by atoms with Gasteiger partial charge in [-0.1, -0.05) is 0 Å². The number of halogens is 1. The molecule has 0 fully saturated rings. The number of Topliss-reactive ketones (excluding diaryl/α,β-unsaturated/α-hetero) is 3. The molecule has 3 aromatic rings.